The summed E-state index contributed by atoms with van der Waals surface area (Å²) in [6.07, 6.45) is 0. The summed E-state index contributed by atoms with van der Waals surface area (Å²) in [4.78, 5) is 17.7. The van der Waals surface area contributed by atoms with E-state index in [9.17, 15) is 9.18 Å². The van der Waals surface area contributed by atoms with Crippen molar-refractivity contribution in [1.82, 2.24) is 9.55 Å². The molecule has 0 spiro atoms. The molecule has 0 amide bonds. The van der Waals surface area contributed by atoms with Gasteiger partial charge in [-0.25, -0.2) is 14.2 Å². The lowest BCUT2D eigenvalue weighted by atomic mass is 10.1. The maximum absolute atomic E-state index is 14.0. The van der Waals surface area contributed by atoms with E-state index < -0.39 is 11.8 Å². The zero-order valence-corrected chi connectivity index (χ0v) is 19.8. The normalized spacial score (nSPS) is 11.0. The molecule has 4 nitrogen and oxygen atoms in total. The second-order valence-corrected chi connectivity index (χ2v) is 8.46. The van der Waals surface area contributed by atoms with Crippen molar-refractivity contribution in [2.24, 2.45) is 0 Å². The minimum absolute atomic E-state index is 0.0602. The first kappa shape index (κ1) is 23.0. The molecule has 0 radical (unpaired) electrons. The molecule has 0 aliphatic heterocycles. The van der Waals surface area contributed by atoms with Crippen LogP contribution in [0.3, 0.4) is 0 Å². The van der Waals surface area contributed by atoms with Crippen molar-refractivity contribution in [3.63, 3.8) is 0 Å². The molecule has 4 rings (SSSR count). The highest BCUT2D eigenvalue weighted by atomic mass is 35.5. The first-order valence-corrected chi connectivity index (χ1v) is 11.1. The molecule has 33 heavy (non-hydrogen) atoms. The Labute approximate surface area is 201 Å². The lowest BCUT2D eigenvalue weighted by Crippen LogP contribution is -2.08. The highest BCUT2D eigenvalue weighted by Gasteiger charge is 2.27. The fraction of sp³-hybridized carbons (Fsp3) is 0.154. The second kappa shape index (κ2) is 9.38. The number of esters is 1. The van der Waals surface area contributed by atoms with E-state index in [4.69, 9.17) is 32.9 Å². The predicted octanol–water partition coefficient (Wildman–Crippen LogP) is 7.45. The minimum Gasteiger partial charge on any atom is -0.461 e. The predicted molar refractivity (Wildman–Crippen MR) is 130 cm³/mol. The van der Waals surface area contributed by atoms with E-state index >= 15 is 0 Å². The van der Waals surface area contributed by atoms with Crippen LogP contribution < -0.4 is 0 Å². The van der Waals surface area contributed by atoms with Crippen LogP contribution in [0.25, 0.3) is 28.3 Å². The van der Waals surface area contributed by atoms with E-state index in [2.05, 4.69) is 0 Å². The summed E-state index contributed by atoms with van der Waals surface area (Å²) >= 11 is 12.5. The number of rotatable bonds is 5. The van der Waals surface area contributed by atoms with Gasteiger partial charge in [0, 0.05) is 16.1 Å². The smallest absolute Gasteiger partial charge is 0.359 e. The summed E-state index contributed by atoms with van der Waals surface area (Å²) in [6.45, 7) is 5.84. The molecule has 4 aromatic rings. The molecule has 0 unspecified atom stereocenters. The SMILES string of the molecule is CCOC(=O)c1nc(-c2cccc(C)c2)n(-c2cc(Cl)ccc2C)c1-c1ccc(F)c(Cl)c1. The van der Waals surface area contributed by atoms with Gasteiger partial charge in [0.1, 0.15) is 11.6 Å². The molecule has 0 aliphatic rings. The molecule has 0 saturated carbocycles. The van der Waals surface area contributed by atoms with Gasteiger partial charge in [0.25, 0.3) is 0 Å². The highest BCUT2D eigenvalue weighted by molar-refractivity contribution is 6.31. The van der Waals surface area contributed by atoms with Crippen LogP contribution in [0, 0.1) is 19.7 Å². The number of imidazole rings is 1. The number of aryl methyl sites for hydroxylation is 2. The Balaban J connectivity index is 2.14. The molecule has 1 heterocycles. The Bertz CT molecular complexity index is 1360. The van der Waals surface area contributed by atoms with E-state index in [1.165, 1.54) is 12.1 Å². The molecule has 168 valence electrons. The number of ether oxygens (including phenoxy) is 1. The fourth-order valence-corrected chi connectivity index (χ4v) is 4.05. The monoisotopic (exact) mass is 482 g/mol. The number of aromatic nitrogens is 2. The maximum Gasteiger partial charge on any atom is 0.359 e. The third kappa shape index (κ3) is 4.52. The van der Waals surface area contributed by atoms with Gasteiger partial charge < -0.3 is 4.74 Å². The topological polar surface area (TPSA) is 44.1 Å². The van der Waals surface area contributed by atoms with E-state index in [-0.39, 0.29) is 17.3 Å². The Hall–Kier alpha value is -3.15. The van der Waals surface area contributed by atoms with Gasteiger partial charge in [-0.05, 0) is 62.7 Å². The number of hydrogen-bond acceptors (Lipinski definition) is 3. The standard InChI is InChI=1S/C26H21Cl2FN2O2/c1-4-33-26(32)23-24(17-9-11-21(29)20(28)13-17)31(22-14-19(27)10-8-16(22)3)25(30-23)18-7-5-6-15(2)12-18/h5-14H,4H2,1-3H3. The number of carbonyl (C=O) groups is 1. The number of nitrogens with zero attached hydrogens (tertiary/aromatic N) is 2. The zero-order valence-electron chi connectivity index (χ0n) is 18.3. The Kier molecular flexibility index (Phi) is 6.54. The number of hydrogen-bond donors (Lipinski definition) is 0. The molecule has 0 aliphatic carbocycles. The first-order chi connectivity index (χ1) is 15.8. The molecule has 1 aromatic heterocycles. The third-order valence-corrected chi connectivity index (χ3v) is 5.75. The van der Waals surface area contributed by atoms with E-state index in [0.29, 0.717) is 22.1 Å². The van der Waals surface area contributed by atoms with Crippen molar-refractivity contribution in [1.29, 1.82) is 0 Å². The summed E-state index contributed by atoms with van der Waals surface area (Å²) in [7, 11) is 0. The molecular formula is C26H21Cl2FN2O2. The van der Waals surface area contributed by atoms with Crippen molar-refractivity contribution in [2.45, 2.75) is 20.8 Å². The zero-order chi connectivity index (χ0) is 23.7. The average Bonchev–Trinajstić information content (AvgIpc) is 3.18. The van der Waals surface area contributed by atoms with Gasteiger partial charge in [-0.2, -0.15) is 0 Å². The number of carbonyl (C=O) groups excluding carboxylic acids is 1. The van der Waals surface area contributed by atoms with E-state index in [0.717, 1.165) is 22.4 Å². The van der Waals surface area contributed by atoms with Gasteiger partial charge in [-0.15, -0.1) is 0 Å². The second-order valence-electron chi connectivity index (χ2n) is 7.62. The summed E-state index contributed by atoms with van der Waals surface area (Å²) < 4.78 is 21.2. The summed E-state index contributed by atoms with van der Waals surface area (Å²) in [5.74, 6) is -0.607. The Morgan fingerprint density at radius 2 is 1.82 bits per heavy atom. The van der Waals surface area contributed by atoms with Crippen LogP contribution in [0.5, 0.6) is 0 Å². The van der Waals surface area contributed by atoms with Crippen LogP contribution in [0.2, 0.25) is 10.0 Å². The molecular weight excluding hydrogens is 462 g/mol. The molecule has 0 atom stereocenters. The van der Waals surface area contributed by atoms with Gasteiger partial charge >= 0.3 is 5.97 Å². The summed E-state index contributed by atoms with van der Waals surface area (Å²) in [6, 6.07) is 17.6. The molecule has 0 bridgehead atoms. The fourth-order valence-electron chi connectivity index (χ4n) is 3.71. The highest BCUT2D eigenvalue weighted by Crippen LogP contribution is 2.37. The van der Waals surface area contributed by atoms with Gasteiger partial charge in [0.05, 0.1) is 23.0 Å². The molecule has 0 fully saturated rings. The molecule has 3 aromatic carbocycles. The number of halogens is 3. The maximum atomic E-state index is 14.0. The lowest BCUT2D eigenvalue weighted by Gasteiger charge is -2.16. The van der Waals surface area contributed by atoms with Crippen molar-refractivity contribution >= 4 is 29.2 Å². The Morgan fingerprint density at radius 3 is 2.52 bits per heavy atom. The summed E-state index contributed by atoms with van der Waals surface area (Å²) in [5, 5.41) is 0.468. The number of benzene rings is 3. The van der Waals surface area contributed by atoms with E-state index in [1.54, 1.807) is 25.1 Å². The van der Waals surface area contributed by atoms with Gasteiger partial charge in [-0.3, -0.25) is 4.57 Å². The van der Waals surface area contributed by atoms with Crippen LogP contribution in [0.4, 0.5) is 4.39 Å². The molecule has 0 saturated heterocycles. The van der Waals surface area contributed by atoms with Crippen molar-refractivity contribution < 1.29 is 13.9 Å². The van der Waals surface area contributed by atoms with Crippen LogP contribution in [-0.4, -0.2) is 22.1 Å². The quantitative estimate of drug-likeness (QED) is 0.277. The van der Waals surface area contributed by atoms with Gasteiger partial charge in [0.2, 0.25) is 0 Å². The average molecular weight is 483 g/mol. The van der Waals surface area contributed by atoms with Gasteiger partial charge in [-0.1, -0.05) is 53.0 Å². The largest absolute Gasteiger partial charge is 0.461 e. The Morgan fingerprint density at radius 1 is 1.03 bits per heavy atom. The van der Waals surface area contributed by atoms with Crippen LogP contribution in [-0.2, 0) is 4.74 Å². The lowest BCUT2D eigenvalue weighted by molar-refractivity contribution is 0.0521. The van der Waals surface area contributed by atoms with Crippen LogP contribution in [0.15, 0.2) is 60.7 Å². The molecule has 0 N–H and O–H groups in total. The van der Waals surface area contributed by atoms with Crippen LogP contribution in [0.1, 0.15) is 28.5 Å². The van der Waals surface area contributed by atoms with Crippen molar-refractivity contribution in [3.05, 3.63) is 93.3 Å². The van der Waals surface area contributed by atoms with Crippen molar-refractivity contribution in [2.75, 3.05) is 6.61 Å². The molecule has 7 heteroatoms. The summed E-state index contributed by atoms with van der Waals surface area (Å²) in [5.41, 5.74) is 4.56. The van der Waals surface area contributed by atoms with Crippen LogP contribution >= 0.6 is 23.2 Å². The third-order valence-electron chi connectivity index (χ3n) is 5.23. The van der Waals surface area contributed by atoms with Gasteiger partial charge in [0.15, 0.2) is 5.69 Å². The first-order valence-electron chi connectivity index (χ1n) is 10.4. The van der Waals surface area contributed by atoms with Crippen molar-refractivity contribution in [3.8, 4) is 28.3 Å². The minimum atomic E-state index is -0.583. The van der Waals surface area contributed by atoms with E-state index in [1.807, 2.05) is 48.7 Å².